The van der Waals surface area contributed by atoms with Crippen LogP contribution in [0.5, 0.6) is 0 Å². The summed E-state index contributed by atoms with van der Waals surface area (Å²) in [6.07, 6.45) is 3.80. The van der Waals surface area contributed by atoms with Crippen molar-refractivity contribution in [3.05, 3.63) is 42.9 Å². The van der Waals surface area contributed by atoms with Crippen LogP contribution in [-0.2, 0) is 11.2 Å². The standard InChI is InChI=1S/C11H12N4O/c1-2-11(16)12-7-6-10-14-13-9-5-3-4-8-15(9)10/h2-5,8H,1,6-7H2,(H,12,16). The van der Waals surface area contributed by atoms with E-state index in [4.69, 9.17) is 0 Å². The molecule has 2 heterocycles. The molecule has 1 N–H and O–H groups in total. The van der Waals surface area contributed by atoms with E-state index in [2.05, 4.69) is 22.1 Å². The minimum absolute atomic E-state index is 0.172. The minimum atomic E-state index is -0.172. The van der Waals surface area contributed by atoms with E-state index in [1.807, 2.05) is 28.8 Å². The van der Waals surface area contributed by atoms with Crippen molar-refractivity contribution in [2.75, 3.05) is 6.54 Å². The van der Waals surface area contributed by atoms with Gasteiger partial charge in [0.05, 0.1) is 0 Å². The maximum atomic E-state index is 10.9. The van der Waals surface area contributed by atoms with E-state index in [1.165, 1.54) is 6.08 Å². The summed E-state index contributed by atoms with van der Waals surface area (Å²) in [5, 5.41) is 10.8. The van der Waals surface area contributed by atoms with E-state index in [0.29, 0.717) is 13.0 Å². The smallest absolute Gasteiger partial charge is 0.243 e. The van der Waals surface area contributed by atoms with Crippen LogP contribution < -0.4 is 5.32 Å². The lowest BCUT2D eigenvalue weighted by molar-refractivity contribution is -0.116. The van der Waals surface area contributed by atoms with Crippen molar-refractivity contribution < 1.29 is 4.79 Å². The Morgan fingerprint density at radius 2 is 2.38 bits per heavy atom. The van der Waals surface area contributed by atoms with Crippen LogP contribution in [0, 0.1) is 0 Å². The number of hydrogen-bond donors (Lipinski definition) is 1. The van der Waals surface area contributed by atoms with Crippen molar-refractivity contribution in [2.24, 2.45) is 0 Å². The summed E-state index contributed by atoms with van der Waals surface area (Å²) < 4.78 is 1.90. The highest BCUT2D eigenvalue weighted by molar-refractivity contribution is 5.86. The molecule has 0 fully saturated rings. The summed E-state index contributed by atoms with van der Waals surface area (Å²) in [6, 6.07) is 5.72. The zero-order valence-corrected chi connectivity index (χ0v) is 8.76. The molecule has 5 nitrogen and oxygen atoms in total. The molecule has 0 unspecified atom stereocenters. The number of amides is 1. The predicted molar refractivity (Wildman–Crippen MR) is 59.9 cm³/mol. The first kappa shape index (κ1) is 10.4. The SMILES string of the molecule is C=CC(=O)NCCc1nnc2ccccn12. The molecule has 0 atom stereocenters. The topological polar surface area (TPSA) is 59.3 Å². The van der Waals surface area contributed by atoms with Gasteiger partial charge in [-0.05, 0) is 18.2 Å². The summed E-state index contributed by atoms with van der Waals surface area (Å²) in [5.74, 6) is 0.661. The van der Waals surface area contributed by atoms with E-state index in [-0.39, 0.29) is 5.91 Å². The lowest BCUT2D eigenvalue weighted by Gasteiger charge is -2.00. The lowest BCUT2D eigenvalue weighted by Crippen LogP contribution is -2.23. The van der Waals surface area contributed by atoms with Gasteiger partial charge in [0.1, 0.15) is 5.82 Å². The van der Waals surface area contributed by atoms with Gasteiger partial charge in [0, 0.05) is 19.2 Å². The molecule has 0 bridgehead atoms. The van der Waals surface area contributed by atoms with Crippen LogP contribution in [0.15, 0.2) is 37.1 Å². The molecule has 0 aromatic carbocycles. The summed E-state index contributed by atoms with van der Waals surface area (Å²) in [6.45, 7) is 3.91. The maximum absolute atomic E-state index is 10.9. The minimum Gasteiger partial charge on any atom is -0.352 e. The molecule has 2 aromatic rings. The number of rotatable bonds is 4. The third-order valence-corrected chi connectivity index (χ3v) is 2.22. The molecule has 82 valence electrons. The van der Waals surface area contributed by atoms with Crippen molar-refractivity contribution in [1.29, 1.82) is 0 Å². The van der Waals surface area contributed by atoms with Crippen LogP contribution in [0.1, 0.15) is 5.82 Å². The predicted octanol–water partition coefficient (Wildman–Crippen LogP) is 0.574. The van der Waals surface area contributed by atoms with Crippen molar-refractivity contribution in [3.8, 4) is 0 Å². The Kier molecular flexibility index (Phi) is 2.95. The number of carbonyl (C=O) groups excluding carboxylic acids is 1. The second-order valence-corrected chi connectivity index (χ2v) is 3.29. The first-order valence-corrected chi connectivity index (χ1v) is 5.00. The van der Waals surface area contributed by atoms with Crippen LogP contribution in [0.3, 0.4) is 0 Å². The lowest BCUT2D eigenvalue weighted by atomic mass is 10.4. The Bertz CT molecular complexity index is 517. The van der Waals surface area contributed by atoms with Gasteiger partial charge in [0.2, 0.25) is 5.91 Å². The summed E-state index contributed by atoms with van der Waals surface area (Å²) in [7, 11) is 0. The summed E-state index contributed by atoms with van der Waals surface area (Å²) in [5.41, 5.74) is 0.813. The van der Waals surface area contributed by atoms with Gasteiger partial charge in [0.25, 0.3) is 0 Å². The molecular weight excluding hydrogens is 204 g/mol. The number of fused-ring (bicyclic) bond motifs is 1. The first-order chi connectivity index (χ1) is 7.81. The van der Waals surface area contributed by atoms with Crippen LogP contribution in [0.25, 0.3) is 5.65 Å². The van der Waals surface area contributed by atoms with Crippen LogP contribution in [0.2, 0.25) is 0 Å². The van der Waals surface area contributed by atoms with E-state index in [0.717, 1.165) is 11.5 Å². The van der Waals surface area contributed by atoms with Gasteiger partial charge in [-0.1, -0.05) is 12.6 Å². The van der Waals surface area contributed by atoms with Crippen molar-refractivity contribution in [3.63, 3.8) is 0 Å². The Morgan fingerprint density at radius 3 is 3.19 bits per heavy atom. The Morgan fingerprint density at radius 1 is 1.50 bits per heavy atom. The van der Waals surface area contributed by atoms with Gasteiger partial charge in [-0.25, -0.2) is 0 Å². The largest absolute Gasteiger partial charge is 0.352 e. The second kappa shape index (κ2) is 4.57. The van der Waals surface area contributed by atoms with E-state index < -0.39 is 0 Å². The van der Waals surface area contributed by atoms with Gasteiger partial charge in [0.15, 0.2) is 5.65 Å². The fourth-order valence-corrected chi connectivity index (χ4v) is 1.43. The highest BCUT2D eigenvalue weighted by Crippen LogP contribution is 2.02. The number of hydrogen-bond acceptors (Lipinski definition) is 3. The number of aromatic nitrogens is 3. The van der Waals surface area contributed by atoms with Crippen LogP contribution >= 0.6 is 0 Å². The van der Waals surface area contributed by atoms with Gasteiger partial charge in [-0.2, -0.15) is 0 Å². The second-order valence-electron chi connectivity index (χ2n) is 3.29. The zero-order valence-electron chi connectivity index (χ0n) is 8.76. The van der Waals surface area contributed by atoms with Gasteiger partial charge < -0.3 is 5.32 Å². The summed E-state index contributed by atoms with van der Waals surface area (Å²) in [4.78, 5) is 10.9. The number of carbonyl (C=O) groups is 1. The van der Waals surface area contributed by atoms with Gasteiger partial charge >= 0.3 is 0 Å². The molecule has 0 aliphatic carbocycles. The quantitative estimate of drug-likeness (QED) is 0.760. The van der Waals surface area contributed by atoms with E-state index >= 15 is 0 Å². The molecule has 0 saturated carbocycles. The van der Waals surface area contributed by atoms with Crippen LogP contribution in [-0.4, -0.2) is 27.0 Å². The molecule has 0 aliphatic rings. The van der Waals surface area contributed by atoms with E-state index in [1.54, 1.807) is 0 Å². The molecule has 0 saturated heterocycles. The monoisotopic (exact) mass is 216 g/mol. The number of nitrogens with zero attached hydrogens (tertiary/aromatic N) is 3. The average Bonchev–Trinajstić information content (AvgIpc) is 2.73. The molecular formula is C11H12N4O. The maximum Gasteiger partial charge on any atom is 0.243 e. The fourth-order valence-electron chi connectivity index (χ4n) is 1.43. The molecule has 1 amide bonds. The van der Waals surface area contributed by atoms with Crippen molar-refractivity contribution in [2.45, 2.75) is 6.42 Å². The first-order valence-electron chi connectivity index (χ1n) is 5.00. The number of pyridine rings is 1. The Hall–Kier alpha value is -2.17. The molecule has 2 rings (SSSR count). The highest BCUT2D eigenvalue weighted by atomic mass is 16.1. The normalized spacial score (nSPS) is 10.2. The average molecular weight is 216 g/mol. The number of nitrogens with one attached hydrogen (secondary N) is 1. The third-order valence-electron chi connectivity index (χ3n) is 2.22. The summed E-state index contributed by atoms with van der Waals surface area (Å²) >= 11 is 0. The highest BCUT2D eigenvalue weighted by Gasteiger charge is 2.03. The molecule has 5 heteroatoms. The molecule has 0 spiro atoms. The van der Waals surface area contributed by atoms with Crippen molar-refractivity contribution in [1.82, 2.24) is 19.9 Å². The Labute approximate surface area is 92.8 Å². The van der Waals surface area contributed by atoms with Gasteiger partial charge in [-0.15, -0.1) is 10.2 Å². The molecule has 16 heavy (non-hydrogen) atoms. The van der Waals surface area contributed by atoms with Gasteiger partial charge in [-0.3, -0.25) is 9.20 Å². The molecule has 0 aliphatic heterocycles. The van der Waals surface area contributed by atoms with Crippen molar-refractivity contribution >= 4 is 11.6 Å². The molecule has 0 radical (unpaired) electrons. The zero-order chi connectivity index (χ0) is 11.4. The Balaban J connectivity index is 2.04. The third kappa shape index (κ3) is 2.08. The fraction of sp³-hybridized carbons (Fsp3) is 0.182. The van der Waals surface area contributed by atoms with E-state index in [9.17, 15) is 4.79 Å². The molecule has 2 aromatic heterocycles. The van der Waals surface area contributed by atoms with Crippen LogP contribution in [0.4, 0.5) is 0 Å².